The van der Waals surface area contributed by atoms with E-state index in [9.17, 15) is 0 Å². The minimum atomic E-state index is -0.935. The van der Waals surface area contributed by atoms with E-state index in [1.165, 1.54) is 12.8 Å². The second kappa shape index (κ2) is 18.2. The molecule has 0 aliphatic heterocycles. The maximum absolute atomic E-state index is 9.17. The van der Waals surface area contributed by atoms with Crippen molar-refractivity contribution in [2.24, 2.45) is 5.73 Å². The van der Waals surface area contributed by atoms with E-state index >= 15 is 0 Å². The van der Waals surface area contributed by atoms with Gasteiger partial charge in [0.1, 0.15) is 6.23 Å². The van der Waals surface area contributed by atoms with Crippen LogP contribution in [0, 0.1) is 0 Å². The first kappa shape index (κ1) is 25.6. The number of nitrogens with two attached hydrogens (primary N) is 1. The summed E-state index contributed by atoms with van der Waals surface area (Å²) >= 11 is 0. The molecule has 110 valence electrons. The summed E-state index contributed by atoms with van der Waals surface area (Å²) in [5.74, 6) is 0. The van der Waals surface area contributed by atoms with Crippen molar-refractivity contribution in [3.63, 3.8) is 0 Å². The van der Waals surface area contributed by atoms with Crippen molar-refractivity contribution in [3.8, 4) is 0 Å². The van der Waals surface area contributed by atoms with Crippen LogP contribution < -0.4 is 11.9 Å². The van der Waals surface area contributed by atoms with Gasteiger partial charge in [-0.3, -0.25) is 0 Å². The number of aliphatic hydroxyl groups is 2. The summed E-state index contributed by atoms with van der Waals surface area (Å²) in [5, 5.41) is 16.7. The normalized spacial score (nSPS) is 11.1. The number of aliphatic hydroxyl groups excluding tert-OH is 1. The smallest absolute Gasteiger partial charge is 0.134 e. The summed E-state index contributed by atoms with van der Waals surface area (Å²) in [6.45, 7) is 11.9. The van der Waals surface area contributed by atoms with Gasteiger partial charge in [-0.2, -0.15) is 0 Å². The van der Waals surface area contributed by atoms with E-state index in [1.807, 2.05) is 6.92 Å². The van der Waals surface area contributed by atoms with Crippen LogP contribution in [0.4, 0.5) is 0 Å². The van der Waals surface area contributed by atoms with Crippen LogP contribution in [0.2, 0.25) is 0 Å². The minimum absolute atomic E-state index is 0. The first-order chi connectivity index (χ1) is 7.31. The van der Waals surface area contributed by atoms with Crippen molar-refractivity contribution in [1.29, 1.82) is 0 Å². The van der Waals surface area contributed by atoms with Crippen LogP contribution >= 0.6 is 0 Å². The molecule has 0 bridgehead atoms. The predicted molar refractivity (Wildman–Crippen MR) is 74.3 cm³/mol. The minimum Gasteiger partial charge on any atom is -0.397 e. The fourth-order valence-corrected chi connectivity index (χ4v) is 0.383. The van der Waals surface area contributed by atoms with Gasteiger partial charge in [0, 0.05) is 13.2 Å². The van der Waals surface area contributed by atoms with Crippen LogP contribution in [0.3, 0.4) is 0 Å². The van der Waals surface area contributed by atoms with E-state index in [0.29, 0.717) is 6.61 Å². The number of unbranched alkanes of at least 4 members (excludes halogenated alkanes) is 1. The third kappa shape index (κ3) is 31.3. The number of hydrogen-bond donors (Lipinski definition) is 4. The highest BCUT2D eigenvalue weighted by Gasteiger charge is 2.22. The summed E-state index contributed by atoms with van der Waals surface area (Å²) < 4.78 is 4.93. The monoisotopic (exact) mass is 254 g/mol. The Morgan fingerprint density at radius 2 is 1.41 bits per heavy atom. The van der Waals surface area contributed by atoms with E-state index in [-0.39, 0.29) is 12.8 Å². The molecule has 0 spiro atoms. The van der Waals surface area contributed by atoms with Crippen LogP contribution in [-0.4, -0.2) is 35.3 Å². The molecule has 0 rings (SSSR count). The Balaban J connectivity index is -0.0000000893. The molecule has 0 saturated carbocycles. The Bertz CT molecular complexity index is 115. The second-order valence-corrected chi connectivity index (χ2v) is 3.85. The molecule has 0 saturated heterocycles. The molecule has 0 aliphatic carbocycles. The van der Waals surface area contributed by atoms with Gasteiger partial charge in [-0.15, -0.1) is 0 Å². The Morgan fingerprint density at radius 1 is 1.12 bits per heavy atom. The first-order valence-corrected chi connectivity index (χ1v) is 6.01. The zero-order valence-electron chi connectivity index (χ0n) is 12.5. The Morgan fingerprint density at radius 3 is 1.47 bits per heavy atom. The first-order valence-electron chi connectivity index (χ1n) is 6.01. The van der Waals surface area contributed by atoms with Gasteiger partial charge in [0.25, 0.3) is 0 Å². The van der Waals surface area contributed by atoms with E-state index in [0.717, 1.165) is 0 Å². The molecule has 0 radical (unpaired) electrons. The van der Waals surface area contributed by atoms with E-state index in [1.54, 1.807) is 20.8 Å². The van der Waals surface area contributed by atoms with Gasteiger partial charge in [0.2, 0.25) is 0 Å². The van der Waals surface area contributed by atoms with Gasteiger partial charge in [-0.05, 0) is 27.7 Å². The van der Waals surface area contributed by atoms with Crippen molar-refractivity contribution >= 4 is 0 Å². The molecular weight excluding hydrogens is 220 g/mol. The predicted octanol–water partition coefficient (Wildman–Crippen LogP) is 2.05. The lowest BCUT2D eigenvalue weighted by Gasteiger charge is -2.24. The summed E-state index contributed by atoms with van der Waals surface area (Å²) in [6.07, 6.45) is 2.06. The van der Waals surface area contributed by atoms with Crippen LogP contribution in [0.5, 0.6) is 0 Å². The second-order valence-electron chi connectivity index (χ2n) is 3.85. The number of hydrogen-bond acceptors (Lipinski definition) is 5. The molecule has 0 aliphatic rings. The molecule has 1 atom stereocenters. The Hall–Kier alpha value is -0.200. The molecular formula is C12H34N2O3. The van der Waals surface area contributed by atoms with Gasteiger partial charge < -0.3 is 26.8 Å². The molecule has 5 nitrogen and oxygen atoms in total. The maximum Gasteiger partial charge on any atom is 0.134 e. The average Bonchev–Trinajstić information content (AvgIpc) is 2.18. The number of ether oxygens (including phenoxy) is 1. The molecule has 1 unspecified atom stereocenters. The van der Waals surface area contributed by atoms with E-state index in [4.69, 9.17) is 20.7 Å². The largest absolute Gasteiger partial charge is 0.397 e. The fourth-order valence-electron chi connectivity index (χ4n) is 0.383. The lowest BCUT2D eigenvalue weighted by molar-refractivity contribution is -0.0813. The molecule has 0 heterocycles. The summed E-state index contributed by atoms with van der Waals surface area (Å²) in [6, 6.07) is 0. The number of rotatable bonds is 4. The van der Waals surface area contributed by atoms with Gasteiger partial charge >= 0.3 is 0 Å². The summed E-state index contributed by atoms with van der Waals surface area (Å²) in [4.78, 5) is 0. The van der Waals surface area contributed by atoms with Gasteiger partial charge in [-0.1, -0.05) is 26.7 Å². The zero-order chi connectivity index (χ0) is 13.6. The zero-order valence-corrected chi connectivity index (χ0v) is 12.5. The Kier molecular flexibility index (Phi) is 27.4. The molecule has 0 fully saturated rings. The van der Waals surface area contributed by atoms with Crippen LogP contribution in [-0.2, 0) is 4.74 Å². The highest BCUT2D eigenvalue weighted by Crippen LogP contribution is 2.06. The van der Waals surface area contributed by atoms with Crippen molar-refractivity contribution in [3.05, 3.63) is 0 Å². The highest BCUT2D eigenvalue weighted by molar-refractivity contribution is 4.71. The van der Waals surface area contributed by atoms with Crippen molar-refractivity contribution in [1.82, 2.24) is 6.15 Å². The van der Waals surface area contributed by atoms with Gasteiger partial charge in [-0.25, -0.2) is 0 Å². The van der Waals surface area contributed by atoms with Crippen LogP contribution in [0.25, 0.3) is 0 Å². The third-order valence-corrected chi connectivity index (χ3v) is 1.54. The highest BCUT2D eigenvalue weighted by atomic mass is 16.5. The lowest BCUT2D eigenvalue weighted by Crippen LogP contribution is -2.44. The molecule has 7 N–H and O–H groups in total. The lowest BCUT2D eigenvalue weighted by atomic mass is 10.1. The summed E-state index contributed by atoms with van der Waals surface area (Å²) in [5.41, 5.74) is 4.45. The Labute approximate surface area is 107 Å². The molecule has 0 aromatic heterocycles. The van der Waals surface area contributed by atoms with E-state index in [2.05, 4.69) is 13.8 Å². The van der Waals surface area contributed by atoms with Gasteiger partial charge in [0.15, 0.2) is 0 Å². The van der Waals surface area contributed by atoms with Gasteiger partial charge in [0.05, 0.1) is 5.60 Å². The quantitative estimate of drug-likeness (QED) is 0.574. The van der Waals surface area contributed by atoms with Crippen molar-refractivity contribution in [2.75, 3.05) is 13.2 Å². The average molecular weight is 254 g/mol. The molecule has 0 aromatic rings. The van der Waals surface area contributed by atoms with Crippen molar-refractivity contribution in [2.45, 2.75) is 66.2 Å². The van der Waals surface area contributed by atoms with Crippen LogP contribution in [0.15, 0.2) is 0 Å². The van der Waals surface area contributed by atoms with Crippen molar-refractivity contribution < 1.29 is 14.9 Å². The standard InChI is InChI=1S/C6H15NO2.C4H10.C2H6O.H3N/c1-4-9-5(7)6(2,3)8;1-3-4-2;1-2-3;/h5,8H,4,7H2,1-3H3;3-4H2,1-2H3;3H,2H2,1H3;1H3. The fraction of sp³-hybridized carbons (Fsp3) is 1.00. The SMILES string of the molecule is CCCC.CCO.CCOC(N)C(C)(C)O.N. The molecule has 5 heteroatoms. The third-order valence-electron chi connectivity index (χ3n) is 1.54. The molecule has 0 aromatic carbocycles. The van der Waals surface area contributed by atoms with Crippen LogP contribution in [0.1, 0.15) is 54.4 Å². The summed E-state index contributed by atoms with van der Waals surface area (Å²) in [7, 11) is 0. The topological polar surface area (TPSA) is 111 Å². The van der Waals surface area contributed by atoms with E-state index < -0.39 is 11.8 Å². The molecule has 17 heavy (non-hydrogen) atoms. The molecule has 0 amide bonds. The maximum atomic E-state index is 9.17.